The number of aryl methyl sites for hydroxylation is 1. The zero-order valence-corrected chi connectivity index (χ0v) is 11.0. The largest absolute Gasteiger partial charge is 0.391 e. The molecule has 0 aliphatic carbocycles. The Bertz CT molecular complexity index is 621. The van der Waals surface area contributed by atoms with Crippen LogP contribution in [0.5, 0.6) is 0 Å². The molecule has 4 nitrogen and oxygen atoms in total. The quantitative estimate of drug-likeness (QED) is 0.621. The Hall–Kier alpha value is -2.54. The van der Waals surface area contributed by atoms with Gasteiger partial charge in [-0.2, -0.15) is 5.26 Å². The number of benzene rings is 1. The number of rotatable bonds is 4. The van der Waals surface area contributed by atoms with E-state index < -0.39 is 0 Å². The average Bonchev–Trinajstić information content (AvgIpc) is 2.81. The Labute approximate surface area is 112 Å². The molecule has 0 radical (unpaired) electrons. The van der Waals surface area contributed by atoms with Gasteiger partial charge in [0.25, 0.3) is 0 Å². The molecule has 19 heavy (non-hydrogen) atoms. The van der Waals surface area contributed by atoms with Gasteiger partial charge in [0.05, 0.1) is 11.3 Å². The van der Waals surface area contributed by atoms with Crippen molar-refractivity contribution in [3.05, 3.63) is 59.4 Å². The molecule has 0 amide bonds. The van der Waals surface area contributed by atoms with Crippen molar-refractivity contribution in [3.63, 3.8) is 0 Å². The molecule has 0 atom stereocenters. The second-order valence-electron chi connectivity index (χ2n) is 4.24. The summed E-state index contributed by atoms with van der Waals surface area (Å²) in [6.45, 7) is 2.26. The molecule has 1 aromatic heterocycles. The molecule has 0 spiro atoms. The van der Waals surface area contributed by atoms with Crippen molar-refractivity contribution in [1.29, 1.82) is 5.26 Å². The van der Waals surface area contributed by atoms with Gasteiger partial charge in [-0.1, -0.05) is 35.5 Å². The SMILES string of the molecule is C/C(=N\OCc1ccccc1)c1c(C#N)ccn1C. The van der Waals surface area contributed by atoms with Crippen molar-refractivity contribution in [1.82, 2.24) is 4.57 Å². The molecular weight excluding hydrogens is 238 g/mol. The van der Waals surface area contributed by atoms with Crippen molar-refractivity contribution in [2.24, 2.45) is 12.2 Å². The van der Waals surface area contributed by atoms with Crippen molar-refractivity contribution in [2.75, 3.05) is 0 Å². The Kier molecular flexibility index (Phi) is 3.99. The van der Waals surface area contributed by atoms with Crippen LogP contribution in [-0.2, 0) is 18.5 Å². The minimum atomic E-state index is 0.421. The lowest BCUT2D eigenvalue weighted by Gasteiger charge is -2.04. The van der Waals surface area contributed by atoms with Crippen LogP contribution in [0.15, 0.2) is 47.8 Å². The first kappa shape index (κ1) is 12.9. The molecule has 2 aromatic rings. The third kappa shape index (κ3) is 3.02. The van der Waals surface area contributed by atoms with Crippen molar-refractivity contribution >= 4 is 5.71 Å². The third-order valence-corrected chi connectivity index (χ3v) is 2.81. The van der Waals surface area contributed by atoms with Gasteiger partial charge in [-0.3, -0.25) is 0 Å². The van der Waals surface area contributed by atoms with Crippen LogP contribution in [0.4, 0.5) is 0 Å². The number of nitrogens with zero attached hydrogens (tertiary/aromatic N) is 3. The first-order valence-electron chi connectivity index (χ1n) is 5.98. The Morgan fingerprint density at radius 2 is 2.05 bits per heavy atom. The van der Waals surface area contributed by atoms with Gasteiger partial charge in [0.15, 0.2) is 0 Å². The zero-order valence-electron chi connectivity index (χ0n) is 11.0. The lowest BCUT2D eigenvalue weighted by Crippen LogP contribution is -2.05. The molecule has 2 rings (SSSR count). The highest BCUT2D eigenvalue weighted by molar-refractivity contribution is 5.99. The van der Waals surface area contributed by atoms with Gasteiger partial charge in [0.2, 0.25) is 0 Å². The van der Waals surface area contributed by atoms with Crippen LogP contribution in [0.3, 0.4) is 0 Å². The van der Waals surface area contributed by atoms with Crippen LogP contribution in [0.2, 0.25) is 0 Å². The molecule has 0 saturated carbocycles. The summed E-state index contributed by atoms with van der Waals surface area (Å²) in [5.41, 5.74) is 3.15. The second-order valence-corrected chi connectivity index (χ2v) is 4.24. The maximum absolute atomic E-state index is 9.02. The molecule has 0 saturated heterocycles. The number of nitriles is 1. The molecular formula is C15H15N3O. The lowest BCUT2D eigenvalue weighted by atomic mass is 10.2. The molecule has 0 N–H and O–H groups in total. The smallest absolute Gasteiger partial charge is 0.142 e. The highest BCUT2D eigenvalue weighted by Gasteiger charge is 2.09. The van der Waals surface area contributed by atoms with E-state index in [4.69, 9.17) is 10.1 Å². The fourth-order valence-corrected chi connectivity index (χ4v) is 1.89. The number of aromatic nitrogens is 1. The third-order valence-electron chi connectivity index (χ3n) is 2.81. The number of hydrogen-bond donors (Lipinski definition) is 0. The predicted molar refractivity (Wildman–Crippen MR) is 73.6 cm³/mol. The van der Waals surface area contributed by atoms with Crippen molar-refractivity contribution in [3.8, 4) is 6.07 Å². The predicted octanol–water partition coefficient (Wildman–Crippen LogP) is 2.84. The fourth-order valence-electron chi connectivity index (χ4n) is 1.89. The molecule has 1 aromatic carbocycles. The lowest BCUT2D eigenvalue weighted by molar-refractivity contribution is 0.130. The van der Waals surface area contributed by atoms with Gasteiger partial charge in [0.1, 0.15) is 18.4 Å². The topological polar surface area (TPSA) is 50.3 Å². The highest BCUT2D eigenvalue weighted by atomic mass is 16.6. The second kappa shape index (κ2) is 5.87. The van der Waals surface area contributed by atoms with E-state index in [0.717, 1.165) is 11.3 Å². The van der Waals surface area contributed by atoms with E-state index in [2.05, 4.69) is 11.2 Å². The van der Waals surface area contributed by atoms with Crippen LogP contribution in [0, 0.1) is 11.3 Å². The minimum absolute atomic E-state index is 0.421. The number of oxime groups is 1. The van der Waals surface area contributed by atoms with Crippen LogP contribution in [0.1, 0.15) is 23.7 Å². The van der Waals surface area contributed by atoms with Crippen molar-refractivity contribution in [2.45, 2.75) is 13.5 Å². The Morgan fingerprint density at radius 3 is 2.74 bits per heavy atom. The fraction of sp³-hybridized carbons (Fsp3) is 0.200. The van der Waals surface area contributed by atoms with Crippen molar-refractivity contribution < 1.29 is 4.84 Å². The van der Waals surface area contributed by atoms with E-state index in [1.165, 1.54) is 0 Å². The van der Waals surface area contributed by atoms with E-state index in [0.29, 0.717) is 17.9 Å². The summed E-state index contributed by atoms with van der Waals surface area (Å²) in [5, 5.41) is 13.1. The molecule has 0 aliphatic heterocycles. The van der Waals surface area contributed by atoms with Gasteiger partial charge in [-0.25, -0.2) is 0 Å². The van der Waals surface area contributed by atoms with Crippen LogP contribution >= 0.6 is 0 Å². The summed E-state index contributed by atoms with van der Waals surface area (Å²) in [7, 11) is 1.88. The first-order valence-corrected chi connectivity index (χ1v) is 5.98. The van der Waals surface area contributed by atoms with Crippen LogP contribution < -0.4 is 0 Å². The Balaban J connectivity index is 2.08. The monoisotopic (exact) mass is 253 g/mol. The number of hydrogen-bond acceptors (Lipinski definition) is 3. The molecule has 0 bridgehead atoms. The minimum Gasteiger partial charge on any atom is -0.391 e. The summed E-state index contributed by atoms with van der Waals surface area (Å²) in [4.78, 5) is 5.32. The Morgan fingerprint density at radius 1 is 1.32 bits per heavy atom. The normalized spacial score (nSPS) is 11.1. The molecule has 0 fully saturated rings. The summed E-state index contributed by atoms with van der Waals surface area (Å²) < 4.78 is 1.86. The summed E-state index contributed by atoms with van der Waals surface area (Å²) >= 11 is 0. The molecule has 1 heterocycles. The van der Waals surface area contributed by atoms with E-state index >= 15 is 0 Å². The summed E-state index contributed by atoms with van der Waals surface area (Å²) in [6, 6.07) is 13.8. The molecule has 96 valence electrons. The van der Waals surface area contributed by atoms with Gasteiger partial charge in [0, 0.05) is 13.2 Å². The van der Waals surface area contributed by atoms with Gasteiger partial charge < -0.3 is 9.40 Å². The van der Waals surface area contributed by atoms with Gasteiger partial charge >= 0.3 is 0 Å². The maximum Gasteiger partial charge on any atom is 0.142 e. The van der Waals surface area contributed by atoms with E-state index in [9.17, 15) is 0 Å². The first-order chi connectivity index (χ1) is 9.22. The molecule has 0 aliphatic rings. The summed E-state index contributed by atoms with van der Waals surface area (Å²) in [6.07, 6.45) is 1.84. The van der Waals surface area contributed by atoms with E-state index in [1.54, 1.807) is 6.07 Å². The average molecular weight is 253 g/mol. The van der Waals surface area contributed by atoms with Gasteiger partial charge in [-0.15, -0.1) is 0 Å². The molecule has 0 unspecified atom stereocenters. The van der Waals surface area contributed by atoms with E-state index in [1.807, 2.05) is 55.1 Å². The van der Waals surface area contributed by atoms with E-state index in [-0.39, 0.29) is 0 Å². The molecule has 4 heteroatoms. The maximum atomic E-state index is 9.02. The zero-order chi connectivity index (χ0) is 13.7. The summed E-state index contributed by atoms with van der Waals surface area (Å²) in [5.74, 6) is 0. The van der Waals surface area contributed by atoms with Crippen LogP contribution in [-0.4, -0.2) is 10.3 Å². The standard InChI is InChI=1S/C15H15N3O/c1-12(15-14(10-16)8-9-18(15)2)17-19-11-13-6-4-3-5-7-13/h3-9H,11H2,1-2H3/b17-12+. The van der Waals surface area contributed by atoms with Crippen LogP contribution in [0.25, 0.3) is 0 Å². The van der Waals surface area contributed by atoms with Gasteiger partial charge in [-0.05, 0) is 18.6 Å². The highest BCUT2D eigenvalue weighted by Crippen LogP contribution is 2.10.